The topological polar surface area (TPSA) is 52.6 Å². The molecule has 1 aliphatic heterocycles. The fourth-order valence-electron chi connectivity index (χ4n) is 1.09. The summed E-state index contributed by atoms with van der Waals surface area (Å²) in [5.74, 6) is -1.01. The molecule has 0 aromatic rings. The highest BCUT2D eigenvalue weighted by Crippen LogP contribution is 2.30. The lowest BCUT2D eigenvalue weighted by atomic mass is 10.2. The Morgan fingerprint density at radius 3 is 1.62 bits per heavy atom. The number of carbonyl (C=O) groups is 2. The molecule has 0 radical (unpaired) electrons. The number of hydrogen-bond acceptors (Lipinski definition) is 4. The van der Waals surface area contributed by atoms with Gasteiger partial charge >= 0.3 is 0 Å². The van der Waals surface area contributed by atoms with Crippen LogP contribution < -0.4 is 0 Å². The SMILES string of the molecule is CC1(C)O[C@@H](C(=O)Cl)[C@H](C(=O)Cl)O1. The molecule has 2 atom stereocenters. The minimum atomic E-state index is -1.11. The smallest absolute Gasteiger partial charge is 0.253 e. The lowest BCUT2D eigenvalue weighted by Gasteiger charge is -2.15. The molecule has 0 bridgehead atoms. The van der Waals surface area contributed by atoms with E-state index in [2.05, 4.69) is 0 Å². The van der Waals surface area contributed by atoms with Crippen LogP contribution in [0.15, 0.2) is 0 Å². The van der Waals surface area contributed by atoms with Gasteiger partial charge in [-0.05, 0) is 37.0 Å². The van der Waals surface area contributed by atoms with Crippen molar-refractivity contribution in [2.75, 3.05) is 0 Å². The number of ether oxygens (including phenoxy) is 2. The third kappa shape index (κ3) is 2.40. The van der Waals surface area contributed by atoms with Gasteiger partial charge in [0.15, 0.2) is 18.0 Å². The third-order valence-electron chi connectivity index (χ3n) is 1.54. The van der Waals surface area contributed by atoms with Gasteiger partial charge in [-0.25, -0.2) is 0 Å². The maximum atomic E-state index is 10.8. The van der Waals surface area contributed by atoms with Crippen LogP contribution in [0.25, 0.3) is 0 Å². The Labute approximate surface area is 85.1 Å². The van der Waals surface area contributed by atoms with E-state index in [9.17, 15) is 9.59 Å². The minimum absolute atomic E-state index is 0.787. The first-order chi connectivity index (χ1) is 5.83. The van der Waals surface area contributed by atoms with Gasteiger partial charge in [0.1, 0.15) is 0 Å². The molecule has 1 aliphatic rings. The molecule has 0 amide bonds. The van der Waals surface area contributed by atoms with Crippen LogP contribution in [0, 0.1) is 0 Å². The molecule has 1 fully saturated rings. The second-order valence-electron chi connectivity index (χ2n) is 3.08. The summed E-state index contributed by atoms with van der Waals surface area (Å²) in [6.45, 7) is 3.14. The van der Waals surface area contributed by atoms with Crippen LogP contribution in [0.2, 0.25) is 0 Å². The Bertz CT molecular complexity index is 227. The fourth-order valence-corrected chi connectivity index (χ4v) is 1.41. The van der Waals surface area contributed by atoms with Crippen LogP contribution in [-0.2, 0) is 19.1 Å². The Hall–Kier alpha value is -0.160. The minimum Gasteiger partial charge on any atom is -0.335 e. The third-order valence-corrected chi connectivity index (χ3v) is 1.97. The van der Waals surface area contributed by atoms with Crippen LogP contribution in [0.5, 0.6) is 0 Å². The largest absolute Gasteiger partial charge is 0.335 e. The van der Waals surface area contributed by atoms with E-state index in [0.29, 0.717) is 0 Å². The summed E-state index contributed by atoms with van der Waals surface area (Å²) in [5, 5.41) is -1.57. The van der Waals surface area contributed by atoms with Crippen molar-refractivity contribution in [1.82, 2.24) is 0 Å². The Morgan fingerprint density at radius 1 is 1.08 bits per heavy atom. The monoisotopic (exact) mass is 226 g/mol. The predicted octanol–water partition coefficient (Wildman–Crippen LogP) is 1.04. The van der Waals surface area contributed by atoms with Gasteiger partial charge in [0, 0.05) is 0 Å². The summed E-state index contributed by atoms with van der Waals surface area (Å²) in [4.78, 5) is 21.6. The zero-order chi connectivity index (χ0) is 10.2. The summed E-state index contributed by atoms with van der Waals surface area (Å²) >= 11 is 10.4. The zero-order valence-electron chi connectivity index (χ0n) is 7.04. The summed E-state index contributed by atoms with van der Waals surface area (Å²) in [6.07, 6.45) is -2.22. The molecule has 13 heavy (non-hydrogen) atoms. The maximum Gasteiger partial charge on any atom is 0.253 e. The lowest BCUT2D eigenvalue weighted by molar-refractivity contribution is -0.154. The van der Waals surface area contributed by atoms with Gasteiger partial charge in [-0.3, -0.25) is 9.59 Å². The Kier molecular flexibility index (Phi) is 2.97. The van der Waals surface area contributed by atoms with Crippen molar-refractivity contribution in [3.63, 3.8) is 0 Å². The first-order valence-corrected chi connectivity index (χ1v) is 4.33. The molecule has 74 valence electrons. The molecular weight excluding hydrogens is 219 g/mol. The molecule has 6 heteroatoms. The van der Waals surface area contributed by atoms with Crippen molar-refractivity contribution in [1.29, 1.82) is 0 Å². The molecule has 0 saturated carbocycles. The van der Waals surface area contributed by atoms with E-state index >= 15 is 0 Å². The molecule has 0 spiro atoms. The van der Waals surface area contributed by atoms with E-state index in [-0.39, 0.29) is 0 Å². The van der Waals surface area contributed by atoms with Crippen molar-refractivity contribution in [3.8, 4) is 0 Å². The average Bonchev–Trinajstić information content (AvgIpc) is 2.26. The van der Waals surface area contributed by atoms with E-state index in [0.717, 1.165) is 0 Å². The van der Waals surface area contributed by atoms with E-state index < -0.39 is 28.5 Å². The number of carbonyl (C=O) groups excluding carboxylic acids is 2. The number of hydrogen-bond donors (Lipinski definition) is 0. The Balaban J connectivity index is 2.83. The lowest BCUT2D eigenvalue weighted by Crippen LogP contribution is -2.32. The zero-order valence-corrected chi connectivity index (χ0v) is 8.56. The van der Waals surface area contributed by atoms with Gasteiger partial charge < -0.3 is 9.47 Å². The Morgan fingerprint density at radius 2 is 1.38 bits per heavy atom. The molecule has 1 saturated heterocycles. The van der Waals surface area contributed by atoms with Gasteiger partial charge in [-0.2, -0.15) is 0 Å². The second kappa shape index (κ2) is 3.53. The normalized spacial score (nSPS) is 31.7. The van der Waals surface area contributed by atoms with Gasteiger partial charge in [0.2, 0.25) is 0 Å². The highest BCUT2D eigenvalue weighted by Gasteiger charge is 2.47. The van der Waals surface area contributed by atoms with Gasteiger partial charge in [0.25, 0.3) is 10.5 Å². The highest BCUT2D eigenvalue weighted by molar-refractivity contribution is 6.67. The quantitative estimate of drug-likeness (QED) is 0.661. The summed E-state index contributed by atoms with van der Waals surface area (Å²) in [7, 11) is 0. The van der Waals surface area contributed by atoms with E-state index in [1.54, 1.807) is 13.8 Å². The van der Waals surface area contributed by atoms with E-state index in [4.69, 9.17) is 32.7 Å². The highest BCUT2D eigenvalue weighted by atomic mass is 35.5. The molecule has 0 unspecified atom stereocenters. The maximum absolute atomic E-state index is 10.8. The molecule has 0 aliphatic carbocycles. The number of rotatable bonds is 2. The molecular formula is C7H8Cl2O4. The van der Waals surface area contributed by atoms with Crippen molar-refractivity contribution < 1.29 is 19.1 Å². The number of halogens is 2. The van der Waals surface area contributed by atoms with Gasteiger partial charge in [0.05, 0.1) is 0 Å². The average molecular weight is 227 g/mol. The second-order valence-corrected chi connectivity index (χ2v) is 3.83. The van der Waals surface area contributed by atoms with Crippen molar-refractivity contribution in [2.45, 2.75) is 31.8 Å². The van der Waals surface area contributed by atoms with Crippen LogP contribution in [0.3, 0.4) is 0 Å². The first-order valence-electron chi connectivity index (χ1n) is 3.58. The van der Waals surface area contributed by atoms with E-state index in [1.165, 1.54) is 0 Å². The van der Waals surface area contributed by atoms with Crippen LogP contribution in [-0.4, -0.2) is 28.5 Å². The summed E-state index contributed by atoms with van der Waals surface area (Å²) in [5.41, 5.74) is 0. The van der Waals surface area contributed by atoms with Crippen LogP contribution in [0.1, 0.15) is 13.8 Å². The predicted molar refractivity (Wildman–Crippen MR) is 45.5 cm³/mol. The summed E-state index contributed by atoms with van der Waals surface area (Å²) in [6, 6.07) is 0. The van der Waals surface area contributed by atoms with Crippen LogP contribution in [0.4, 0.5) is 0 Å². The van der Waals surface area contributed by atoms with Gasteiger partial charge in [-0.15, -0.1) is 0 Å². The fraction of sp³-hybridized carbons (Fsp3) is 0.714. The molecule has 1 heterocycles. The van der Waals surface area contributed by atoms with Crippen molar-refractivity contribution in [3.05, 3.63) is 0 Å². The summed E-state index contributed by atoms with van der Waals surface area (Å²) < 4.78 is 10.2. The van der Waals surface area contributed by atoms with Crippen molar-refractivity contribution >= 4 is 33.7 Å². The first kappa shape index (κ1) is 10.9. The molecule has 0 aromatic heterocycles. The molecule has 0 aromatic carbocycles. The standard InChI is InChI=1S/C7H8Cl2O4/c1-7(2)12-3(5(8)10)4(13-7)6(9)11/h3-4H,1-2H3/t3-,4-/m1/s1. The molecule has 4 nitrogen and oxygen atoms in total. The van der Waals surface area contributed by atoms with Crippen molar-refractivity contribution in [2.24, 2.45) is 0 Å². The van der Waals surface area contributed by atoms with Gasteiger partial charge in [-0.1, -0.05) is 0 Å². The van der Waals surface area contributed by atoms with E-state index in [1.807, 2.05) is 0 Å². The molecule has 1 rings (SSSR count). The van der Waals surface area contributed by atoms with Crippen LogP contribution >= 0.6 is 23.2 Å². The molecule has 0 N–H and O–H groups in total.